The molecule has 1 amide bonds. The molecule has 0 spiro atoms. The van der Waals surface area contributed by atoms with E-state index in [0.717, 1.165) is 33.6 Å². The Bertz CT molecular complexity index is 1230. The fourth-order valence-corrected chi connectivity index (χ4v) is 6.33. The number of hydrogen-bond donors (Lipinski definition) is 1. The molecule has 5 rings (SSSR count). The molecule has 0 bridgehead atoms. The van der Waals surface area contributed by atoms with Crippen LogP contribution in [0.25, 0.3) is 10.2 Å². The Morgan fingerprint density at radius 2 is 1.81 bits per heavy atom. The Balaban J connectivity index is 1.51. The van der Waals surface area contributed by atoms with Crippen LogP contribution < -0.4 is 5.32 Å². The molecule has 2 heterocycles. The maximum absolute atomic E-state index is 13.3. The summed E-state index contributed by atoms with van der Waals surface area (Å²) in [6.45, 7) is 0. The predicted octanol–water partition coefficient (Wildman–Crippen LogP) is 6.18. The number of carbonyl (C=O) groups excluding carboxylic acids is 1. The molecule has 2 aromatic heterocycles. The number of nitrogens with one attached hydrogen (secondary N) is 1. The van der Waals surface area contributed by atoms with Crippen LogP contribution in [0.1, 0.15) is 34.1 Å². The van der Waals surface area contributed by atoms with E-state index in [-0.39, 0.29) is 11.7 Å². The predicted molar refractivity (Wildman–Crippen MR) is 124 cm³/mol. The number of benzene rings is 2. The van der Waals surface area contributed by atoms with Gasteiger partial charge in [0, 0.05) is 16.0 Å². The second-order valence-electron chi connectivity index (χ2n) is 7.47. The van der Waals surface area contributed by atoms with E-state index in [0.29, 0.717) is 5.69 Å². The summed E-state index contributed by atoms with van der Waals surface area (Å²) in [6.07, 6.45) is 6.10. The van der Waals surface area contributed by atoms with Crippen molar-refractivity contribution in [2.75, 3.05) is 5.32 Å². The van der Waals surface area contributed by atoms with Crippen LogP contribution in [0.4, 0.5) is 10.1 Å². The molecule has 1 N–H and O–H groups in total. The molecule has 4 nitrogen and oxygen atoms in total. The molecule has 4 aromatic rings. The number of halogens is 1. The lowest BCUT2D eigenvalue weighted by molar-refractivity contribution is -0.115. The zero-order valence-corrected chi connectivity index (χ0v) is 18.3. The lowest BCUT2D eigenvalue weighted by Gasteiger charge is -2.18. The van der Waals surface area contributed by atoms with Crippen LogP contribution in [-0.2, 0) is 17.6 Å². The van der Waals surface area contributed by atoms with Crippen molar-refractivity contribution in [2.24, 2.45) is 0 Å². The molecule has 2 aromatic carbocycles. The maximum Gasteiger partial charge on any atom is 0.242 e. The average Bonchev–Trinajstić information content (AvgIpc) is 3.19. The molecule has 1 aliphatic rings. The van der Waals surface area contributed by atoms with E-state index in [9.17, 15) is 9.18 Å². The summed E-state index contributed by atoms with van der Waals surface area (Å²) in [4.78, 5) is 24.8. The Hall–Kier alpha value is -2.77. The van der Waals surface area contributed by atoms with Gasteiger partial charge < -0.3 is 5.32 Å². The number of anilines is 1. The maximum atomic E-state index is 13.3. The fourth-order valence-electron chi connectivity index (χ4n) is 3.90. The van der Waals surface area contributed by atoms with Gasteiger partial charge in [0.05, 0.1) is 0 Å². The summed E-state index contributed by atoms with van der Waals surface area (Å²) in [7, 11) is 0. The Morgan fingerprint density at radius 3 is 2.61 bits per heavy atom. The Kier molecular flexibility index (Phi) is 5.70. The molecular weight excluding hydrogens is 429 g/mol. The first-order valence-corrected chi connectivity index (χ1v) is 11.9. The summed E-state index contributed by atoms with van der Waals surface area (Å²) in [5.74, 6) is -0.503. The van der Waals surface area contributed by atoms with Crippen LogP contribution in [0.15, 0.2) is 66.0 Å². The van der Waals surface area contributed by atoms with Gasteiger partial charge in [-0.05, 0) is 61.1 Å². The molecule has 0 saturated carbocycles. The van der Waals surface area contributed by atoms with E-state index >= 15 is 0 Å². The molecule has 1 atom stereocenters. The lowest BCUT2D eigenvalue weighted by atomic mass is 9.97. The topological polar surface area (TPSA) is 54.9 Å². The zero-order valence-electron chi connectivity index (χ0n) is 16.7. The van der Waals surface area contributed by atoms with E-state index in [1.54, 1.807) is 29.8 Å². The van der Waals surface area contributed by atoms with Gasteiger partial charge in [-0.25, -0.2) is 14.4 Å². The fraction of sp³-hybridized carbons (Fsp3) is 0.208. The van der Waals surface area contributed by atoms with Gasteiger partial charge in [0.2, 0.25) is 5.91 Å². The van der Waals surface area contributed by atoms with Crippen molar-refractivity contribution in [1.29, 1.82) is 0 Å². The zero-order chi connectivity index (χ0) is 21.2. The van der Waals surface area contributed by atoms with E-state index in [2.05, 4.69) is 15.3 Å². The highest BCUT2D eigenvalue weighted by atomic mass is 32.2. The third kappa shape index (κ3) is 4.20. The number of thioether (sulfide) groups is 1. The molecule has 31 heavy (non-hydrogen) atoms. The number of amides is 1. The number of aromatic nitrogens is 2. The van der Waals surface area contributed by atoms with Crippen LogP contribution in [0.5, 0.6) is 0 Å². The highest BCUT2D eigenvalue weighted by Crippen LogP contribution is 2.43. The number of thiophene rings is 1. The number of aryl methyl sites for hydroxylation is 2. The second-order valence-corrected chi connectivity index (χ2v) is 9.65. The quantitative estimate of drug-likeness (QED) is 0.292. The van der Waals surface area contributed by atoms with Crippen molar-refractivity contribution < 1.29 is 9.18 Å². The minimum absolute atomic E-state index is 0.168. The molecule has 0 fully saturated rings. The molecule has 156 valence electrons. The lowest BCUT2D eigenvalue weighted by Crippen LogP contribution is -2.19. The average molecular weight is 450 g/mol. The van der Waals surface area contributed by atoms with Crippen LogP contribution in [0.2, 0.25) is 0 Å². The van der Waals surface area contributed by atoms with E-state index < -0.39 is 5.25 Å². The first-order valence-electron chi connectivity index (χ1n) is 10.2. The van der Waals surface area contributed by atoms with E-state index in [1.165, 1.54) is 47.2 Å². The second kappa shape index (κ2) is 8.77. The molecule has 0 saturated heterocycles. The summed E-state index contributed by atoms with van der Waals surface area (Å²) in [5.41, 5.74) is 2.80. The van der Waals surface area contributed by atoms with Gasteiger partial charge >= 0.3 is 0 Å². The molecular formula is C24H20FN3OS2. The van der Waals surface area contributed by atoms with Crippen molar-refractivity contribution in [3.8, 4) is 0 Å². The summed E-state index contributed by atoms with van der Waals surface area (Å²) < 4.78 is 13.3. The van der Waals surface area contributed by atoms with Gasteiger partial charge in [-0.1, -0.05) is 42.1 Å². The number of carbonyl (C=O) groups is 1. The van der Waals surface area contributed by atoms with Crippen molar-refractivity contribution >= 4 is 44.9 Å². The van der Waals surface area contributed by atoms with Crippen LogP contribution in [0.3, 0.4) is 0 Å². The highest BCUT2D eigenvalue weighted by molar-refractivity contribution is 8.00. The van der Waals surface area contributed by atoms with Crippen molar-refractivity contribution in [2.45, 2.75) is 36.0 Å². The molecule has 0 aliphatic heterocycles. The highest BCUT2D eigenvalue weighted by Gasteiger charge is 2.26. The van der Waals surface area contributed by atoms with Crippen LogP contribution >= 0.6 is 23.1 Å². The third-order valence-corrected chi connectivity index (χ3v) is 7.85. The van der Waals surface area contributed by atoms with Gasteiger partial charge in [0.1, 0.15) is 27.3 Å². The minimum atomic E-state index is -0.497. The number of rotatable bonds is 5. The summed E-state index contributed by atoms with van der Waals surface area (Å²) in [6, 6.07) is 15.5. The summed E-state index contributed by atoms with van der Waals surface area (Å²) in [5, 5.41) is 4.37. The van der Waals surface area contributed by atoms with Gasteiger partial charge in [-0.2, -0.15) is 0 Å². The van der Waals surface area contributed by atoms with Crippen molar-refractivity contribution in [1.82, 2.24) is 9.97 Å². The first-order chi connectivity index (χ1) is 15.2. The molecule has 1 aliphatic carbocycles. The van der Waals surface area contributed by atoms with Gasteiger partial charge in [-0.15, -0.1) is 11.3 Å². The number of hydrogen-bond acceptors (Lipinski definition) is 5. The first kappa shape index (κ1) is 20.2. The Labute approximate surface area is 187 Å². The largest absolute Gasteiger partial charge is 0.325 e. The third-order valence-electron chi connectivity index (χ3n) is 5.40. The van der Waals surface area contributed by atoms with Crippen molar-refractivity contribution in [3.05, 3.63) is 82.7 Å². The van der Waals surface area contributed by atoms with E-state index in [4.69, 9.17) is 0 Å². The normalized spacial score (nSPS) is 14.2. The SMILES string of the molecule is O=C(Nc1ccc(F)cc1)[C@@H](Sc1ncnc2sc3c(c12)CCCC3)c1ccccc1. The standard InChI is InChI=1S/C24H20FN3OS2/c25-16-10-12-17(13-11-16)28-22(29)21(15-6-2-1-3-7-15)31-24-20-18-8-4-5-9-19(18)30-23(20)26-14-27-24/h1-3,6-7,10-14,21H,4-5,8-9H2,(H,28,29)/t21-/m0/s1. The monoisotopic (exact) mass is 449 g/mol. The van der Waals surface area contributed by atoms with Crippen LogP contribution in [-0.4, -0.2) is 15.9 Å². The minimum Gasteiger partial charge on any atom is -0.325 e. The number of fused-ring (bicyclic) bond motifs is 3. The van der Waals surface area contributed by atoms with E-state index in [1.807, 2.05) is 30.3 Å². The van der Waals surface area contributed by atoms with Gasteiger partial charge in [0.15, 0.2) is 0 Å². The smallest absolute Gasteiger partial charge is 0.242 e. The van der Waals surface area contributed by atoms with Gasteiger partial charge in [0.25, 0.3) is 0 Å². The van der Waals surface area contributed by atoms with Crippen LogP contribution in [0, 0.1) is 5.82 Å². The van der Waals surface area contributed by atoms with Crippen molar-refractivity contribution in [3.63, 3.8) is 0 Å². The molecule has 7 heteroatoms. The number of nitrogens with zero attached hydrogens (tertiary/aromatic N) is 2. The van der Waals surface area contributed by atoms with Gasteiger partial charge in [-0.3, -0.25) is 4.79 Å². The Morgan fingerprint density at radius 1 is 1.03 bits per heavy atom. The summed E-state index contributed by atoms with van der Waals surface area (Å²) >= 11 is 3.20. The molecule has 0 unspecified atom stereocenters. The molecule has 0 radical (unpaired) electrons.